The highest BCUT2D eigenvalue weighted by molar-refractivity contribution is 5.24. The standard InChI is InChI=1S/C28H46O2/c1-17(2)18(3)7-8-19(4)22-9-10-23-21-15-25-28(30-25)16-20(29)11-14-27(28,6)24(21)12-13-26(22,23)5/h17,19-25,29H,3,7-16H2,1-2,4-6H3. The van der Waals surface area contributed by atoms with E-state index in [1.165, 1.54) is 56.9 Å². The van der Waals surface area contributed by atoms with E-state index >= 15 is 0 Å². The van der Waals surface area contributed by atoms with E-state index in [-0.39, 0.29) is 11.7 Å². The molecule has 0 aromatic carbocycles. The van der Waals surface area contributed by atoms with Crippen molar-refractivity contribution < 1.29 is 9.84 Å². The van der Waals surface area contributed by atoms with Crippen LogP contribution in [0.15, 0.2) is 12.2 Å². The van der Waals surface area contributed by atoms with Gasteiger partial charge in [-0.2, -0.15) is 0 Å². The van der Waals surface area contributed by atoms with Crippen molar-refractivity contribution in [1.29, 1.82) is 0 Å². The molecule has 1 spiro atoms. The largest absolute Gasteiger partial charge is 0.393 e. The van der Waals surface area contributed by atoms with Crippen molar-refractivity contribution in [2.24, 2.45) is 46.3 Å². The molecule has 0 bridgehead atoms. The SMILES string of the molecule is C=C(CCC(C)C1CCC2C3CC4OC45CC(O)CCC5(C)C3CCC12C)C(C)C. The van der Waals surface area contributed by atoms with Gasteiger partial charge in [0, 0.05) is 11.8 Å². The van der Waals surface area contributed by atoms with Crippen molar-refractivity contribution in [3.63, 3.8) is 0 Å². The molecular formula is C28H46O2. The monoisotopic (exact) mass is 414 g/mol. The van der Waals surface area contributed by atoms with Gasteiger partial charge < -0.3 is 9.84 Å². The van der Waals surface area contributed by atoms with E-state index in [0.29, 0.717) is 22.9 Å². The highest BCUT2D eigenvalue weighted by atomic mass is 16.6. The molecule has 170 valence electrons. The van der Waals surface area contributed by atoms with Crippen LogP contribution in [0.1, 0.15) is 98.8 Å². The lowest BCUT2D eigenvalue weighted by Gasteiger charge is -2.59. The molecule has 0 aromatic rings. The van der Waals surface area contributed by atoms with E-state index < -0.39 is 0 Å². The van der Waals surface area contributed by atoms with E-state index in [9.17, 15) is 5.11 Å². The summed E-state index contributed by atoms with van der Waals surface area (Å²) in [6.45, 7) is 16.7. The van der Waals surface area contributed by atoms with Crippen molar-refractivity contribution in [2.75, 3.05) is 0 Å². The summed E-state index contributed by atoms with van der Waals surface area (Å²) in [6.07, 6.45) is 12.9. The van der Waals surface area contributed by atoms with Gasteiger partial charge in [0.25, 0.3) is 0 Å². The molecule has 10 atom stereocenters. The van der Waals surface area contributed by atoms with Crippen LogP contribution in [0, 0.1) is 46.3 Å². The lowest BCUT2D eigenvalue weighted by Crippen LogP contribution is -2.58. The first-order valence-electron chi connectivity index (χ1n) is 13.2. The van der Waals surface area contributed by atoms with Gasteiger partial charge in [-0.05, 0) is 98.7 Å². The Bertz CT molecular complexity index is 699. The zero-order chi connectivity index (χ0) is 21.5. The number of aliphatic hydroxyl groups excluding tert-OH is 1. The minimum atomic E-state index is -0.134. The predicted molar refractivity (Wildman–Crippen MR) is 123 cm³/mol. The lowest BCUT2D eigenvalue weighted by molar-refractivity contribution is -0.116. The fourth-order valence-corrected chi connectivity index (χ4v) is 9.54. The first kappa shape index (κ1) is 21.5. The van der Waals surface area contributed by atoms with Crippen LogP contribution in [0.4, 0.5) is 0 Å². The fourth-order valence-electron chi connectivity index (χ4n) is 9.54. The molecule has 1 aliphatic heterocycles. The first-order chi connectivity index (χ1) is 14.1. The van der Waals surface area contributed by atoms with Crippen molar-refractivity contribution in [1.82, 2.24) is 0 Å². The number of epoxide rings is 1. The highest BCUT2D eigenvalue weighted by Gasteiger charge is 2.76. The fraction of sp³-hybridized carbons (Fsp3) is 0.929. The van der Waals surface area contributed by atoms with Crippen molar-refractivity contribution in [3.05, 3.63) is 12.2 Å². The molecule has 0 radical (unpaired) electrons. The lowest BCUT2D eigenvalue weighted by atomic mass is 9.44. The third-order valence-electron chi connectivity index (χ3n) is 11.6. The van der Waals surface area contributed by atoms with Crippen LogP contribution in [0.25, 0.3) is 0 Å². The molecule has 30 heavy (non-hydrogen) atoms. The Morgan fingerprint density at radius 1 is 1.07 bits per heavy atom. The Morgan fingerprint density at radius 3 is 2.57 bits per heavy atom. The van der Waals surface area contributed by atoms with Crippen LogP contribution < -0.4 is 0 Å². The zero-order valence-corrected chi connectivity index (χ0v) is 20.3. The van der Waals surface area contributed by atoms with Gasteiger partial charge in [0.15, 0.2) is 0 Å². The molecule has 5 aliphatic rings. The second-order valence-corrected chi connectivity index (χ2v) is 13.0. The molecule has 1 heterocycles. The number of ether oxygens (including phenoxy) is 1. The maximum Gasteiger partial charge on any atom is 0.103 e. The molecule has 1 saturated heterocycles. The van der Waals surface area contributed by atoms with Crippen LogP contribution in [0.2, 0.25) is 0 Å². The topological polar surface area (TPSA) is 32.8 Å². The van der Waals surface area contributed by atoms with Crippen molar-refractivity contribution in [2.45, 2.75) is 117 Å². The van der Waals surface area contributed by atoms with Gasteiger partial charge in [0.1, 0.15) is 5.60 Å². The number of allylic oxidation sites excluding steroid dienone is 1. The summed E-state index contributed by atoms with van der Waals surface area (Å²) in [5.41, 5.74) is 2.30. The minimum absolute atomic E-state index is 0.0298. The van der Waals surface area contributed by atoms with Crippen molar-refractivity contribution in [3.8, 4) is 0 Å². The summed E-state index contributed by atoms with van der Waals surface area (Å²) in [7, 11) is 0. The third kappa shape index (κ3) is 2.88. The zero-order valence-electron chi connectivity index (χ0n) is 20.3. The van der Waals surface area contributed by atoms with Crippen LogP contribution in [-0.2, 0) is 4.74 Å². The van der Waals surface area contributed by atoms with E-state index in [1.807, 2.05) is 0 Å². The highest BCUT2D eigenvalue weighted by Crippen LogP contribution is 2.74. The van der Waals surface area contributed by atoms with Gasteiger partial charge >= 0.3 is 0 Å². The summed E-state index contributed by atoms with van der Waals surface area (Å²) in [5, 5.41) is 10.4. The number of aliphatic hydroxyl groups is 1. The molecule has 5 rings (SSSR count). The second kappa shape index (κ2) is 7.08. The average molecular weight is 415 g/mol. The summed E-state index contributed by atoms with van der Waals surface area (Å²) < 4.78 is 6.51. The van der Waals surface area contributed by atoms with E-state index in [0.717, 1.165) is 42.4 Å². The summed E-state index contributed by atoms with van der Waals surface area (Å²) in [4.78, 5) is 0. The second-order valence-electron chi connectivity index (χ2n) is 13.0. The number of hydrogen-bond donors (Lipinski definition) is 1. The normalized spacial score (nSPS) is 52.8. The first-order valence-corrected chi connectivity index (χ1v) is 13.2. The van der Waals surface area contributed by atoms with Gasteiger partial charge in [-0.1, -0.05) is 46.8 Å². The van der Waals surface area contributed by atoms with Crippen LogP contribution in [0.5, 0.6) is 0 Å². The van der Waals surface area contributed by atoms with Gasteiger partial charge in [-0.25, -0.2) is 0 Å². The molecular weight excluding hydrogens is 368 g/mol. The quantitative estimate of drug-likeness (QED) is 0.398. The van der Waals surface area contributed by atoms with Gasteiger partial charge in [0.2, 0.25) is 0 Å². The number of hydrogen-bond acceptors (Lipinski definition) is 2. The molecule has 1 N–H and O–H groups in total. The number of rotatable bonds is 5. The third-order valence-corrected chi connectivity index (χ3v) is 11.6. The molecule has 0 aromatic heterocycles. The molecule has 4 saturated carbocycles. The Labute approximate surface area is 185 Å². The van der Waals surface area contributed by atoms with E-state index in [4.69, 9.17) is 4.74 Å². The molecule has 4 aliphatic carbocycles. The smallest absolute Gasteiger partial charge is 0.103 e. The van der Waals surface area contributed by atoms with Gasteiger partial charge in [0.05, 0.1) is 12.2 Å². The Balaban J connectivity index is 1.33. The van der Waals surface area contributed by atoms with Gasteiger partial charge in [-0.15, -0.1) is 0 Å². The predicted octanol–water partition coefficient (Wildman–Crippen LogP) is 6.77. The summed E-state index contributed by atoms with van der Waals surface area (Å²) >= 11 is 0. The maximum absolute atomic E-state index is 10.4. The van der Waals surface area contributed by atoms with E-state index in [2.05, 4.69) is 41.2 Å². The molecule has 10 unspecified atom stereocenters. The van der Waals surface area contributed by atoms with Gasteiger partial charge in [-0.3, -0.25) is 0 Å². The molecule has 2 nitrogen and oxygen atoms in total. The van der Waals surface area contributed by atoms with Crippen LogP contribution in [0.3, 0.4) is 0 Å². The average Bonchev–Trinajstić information content (AvgIpc) is 3.27. The number of fused-ring (bicyclic) bond motifs is 4. The summed E-state index contributed by atoms with van der Waals surface area (Å²) in [5.74, 6) is 4.88. The van der Waals surface area contributed by atoms with E-state index in [1.54, 1.807) is 0 Å². The Kier molecular flexibility index (Phi) is 5.07. The molecule has 0 amide bonds. The van der Waals surface area contributed by atoms with Crippen molar-refractivity contribution >= 4 is 0 Å². The molecule has 2 heteroatoms. The van der Waals surface area contributed by atoms with Crippen LogP contribution in [-0.4, -0.2) is 22.9 Å². The summed E-state index contributed by atoms with van der Waals surface area (Å²) in [6, 6.07) is 0. The molecule has 5 fully saturated rings. The Morgan fingerprint density at radius 2 is 1.83 bits per heavy atom. The van der Waals surface area contributed by atoms with Crippen LogP contribution >= 0.6 is 0 Å². The minimum Gasteiger partial charge on any atom is -0.393 e. The maximum atomic E-state index is 10.4. The Hall–Kier alpha value is -0.340.